The molecule has 1 aliphatic rings. The summed E-state index contributed by atoms with van der Waals surface area (Å²) in [5.74, 6) is 0.252. The second-order valence-electron chi connectivity index (χ2n) is 5.28. The smallest absolute Gasteiger partial charge is 0.117 e. The molecule has 18 heavy (non-hydrogen) atoms. The van der Waals surface area contributed by atoms with Gasteiger partial charge in [-0.1, -0.05) is 19.3 Å². The van der Waals surface area contributed by atoms with Crippen LogP contribution in [0.15, 0.2) is 30.5 Å². The number of pyridine rings is 1. The van der Waals surface area contributed by atoms with Crippen molar-refractivity contribution < 1.29 is 5.11 Å². The zero-order chi connectivity index (χ0) is 12.6. The molecule has 1 aromatic carbocycles. The number of benzene rings is 1. The molecule has 1 saturated carbocycles. The van der Waals surface area contributed by atoms with Crippen LogP contribution in [-0.4, -0.2) is 10.1 Å². The van der Waals surface area contributed by atoms with Crippen LogP contribution in [0.2, 0.25) is 0 Å². The normalized spacial score (nSPS) is 18.9. The third kappa shape index (κ3) is 1.85. The third-order valence-electron chi connectivity index (χ3n) is 4.01. The minimum absolute atomic E-state index is 0.226. The Morgan fingerprint density at radius 1 is 1.11 bits per heavy atom. The van der Waals surface area contributed by atoms with E-state index in [9.17, 15) is 5.11 Å². The van der Waals surface area contributed by atoms with E-state index in [4.69, 9.17) is 5.73 Å². The first kappa shape index (κ1) is 11.5. The predicted molar refractivity (Wildman–Crippen MR) is 72.4 cm³/mol. The molecule has 0 bridgehead atoms. The van der Waals surface area contributed by atoms with Gasteiger partial charge in [0.05, 0.1) is 5.52 Å². The van der Waals surface area contributed by atoms with Gasteiger partial charge in [-0.15, -0.1) is 0 Å². The van der Waals surface area contributed by atoms with Gasteiger partial charge in [0.2, 0.25) is 0 Å². The average Bonchev–Trinajstić information content (AvgIpc) is 2.38. The van der Waals surface area contributed by atoms with Crippen LogP contribution < -0.4 is 5.73 Å². The van der Waals surface area contributed by atoms with E-state index in [0.29, 0.717) is 0 Å². The van der Waals surface area contributed by atoms with Gasteiger partial charge < -0.3 is 10.8 Å². The summed E-state index contributed by atoms with van der Waals surface area (Å²) in [6.07, 6.45) is 7.53. The van der Waals surface area contributed by atoms with Gasteiger partial charge in [0.15, 0.2) is 0 Å². The Balaban J connectivity index is 2.16. The van der Waals surface area contributed by atoms with E-state index in [1.54, 1.807) is 18.3 Å². The van der Waals surface area contributed by atoms with E-state index in [0.717, 1.165) is 23.7 Å². The van der Waals surface area contributed by atoms with Crippen molar-refractivity contribution in [2.45, 2.75) is 37.6 Å². The number of nitrogens with zero attached hydrogens (tertiary/aromatic N) is 1. The molecule has 3 nitrogen and oxygen atoms in total. The molecule has 1 heterocycles. The van der Waals surface area contributed by atoms with Crippen molar-refractivity contribution in [3.63, 3.8) is 0 Å². The van der Waals surface area contributed by atoms with Gasteiger partial charge in [-0.2, -0.15) is 0 Å². The highest BCUT2D eigenvalue weighted by molar-refractivity contribution is 5.84. The summed E-state index contributed by atoms with van der Waals surface area (Å²) in [5.41, 5.74) is 8.36. The van der Waals surface area contributed by atoms with Crippen molar-refractivity contribution >= 4 is 10.9 Å². The van der Waals surface area contributed by atoms with Crippen LogP contribution in [0.3, 0.4) is 0 Å². The molecule has 3 N–H and O–H groups in total. The first-order valence-electron chi connectivity index (χ1n) is 6.56. The van der Waals surface area contributed by atoms with Crippen molar-refractivity contribution in [3.8, 4) is 5.75 Å². The van der Waals surface area contributed by atoms with E-state index >= 15 is 0 Å². The minimum Gasteiger partial charge on any atom is -0.508 e. The summed E-state index contributed by atoms with van der Waals surface area (Å²) in [6, 6.07) is 7.37. The van der Waals surface area contributed by atoms with Crippen molar-refractivity contribution in [2.75, 3.05) is 0 Å². The topological polar surface area (TPSA) is 59.1 Å². The number of aromatic nitrogens is 1. The first-order valence-corrected chi connectivity index (χ1v) is 6.56. The molecule has 0 saturated heterocycles. The van der Waals surface area contributed by atoms with Crippen molar-refractivity contribution in [3.05, 3.63) is 36.0 Å². The lowest BCUT2D eigenvalue weighted by Gasteiger charge is -2.34. The van der Waals surface area contributed by atoms with Gasteiger partial charge in [0, 0.05) is 23.2 Å². The highest BCUT2D eigenvalue weighted by atomic mass is 16.3. The second kappa shape index (κ2) is 4.25. The maximum atomic E-state index is 9.52. The molecule has 0 spiro atoms. The van der Waals surface area contributed by atoms with Crippen molar-refractivity contribution in [2.24, 2.45) is 5.73 Å². The number of hydrogen-bond acceptors (Lipinski definition) is 3. The Labute approximate surface area is 107 Å². The number of phenols is 1. The molecule has 3 rings (SSSR count). The Hall–Kier alpha value is -1.61. The van der Waals surface area contributed by atoms with Crippen molar-refractivity contribution in [1.29, 1.82) is 0 Å². The highest BCUT2D eigenvalue weighted by Crippen LogP contribution is 2.38. The molecule has 94 valence electrons. The molecule has 0 aliphatic heterocycles. The van der Waals surface area contributed by atoms with Gasteiger partial charge in [-0.05, 0) is 36.6 Å². The average molecular weight is 242 g/mol. The Morgan fingerprint density at radius 2 is 1.89 bits per heavy atom. The lowest BCUT2D eigenvalue weighted by atomic mass is 9.76. The quantitative estimate of drug-likeness (QED) is 0.808. The summed E-state index contributed by atoms with van der Waals surface area (Å²) >= 11 is 0. The summed E-state index contributed by atoms with van der Waals surface area (Å²) in [7, 11) is 0. The van der Waals surface area contributed by atoms with Gasteiger partial charge in [-0.25, -0.2) is 0 Å². The largest absolute Gasteiger partial charge is 0.508 e. The monoisotopic (exact) mass is 242 g/mol. The van der Waals surface area contributed by atoms with Crippen LogP contribution in [0.4, 0.5) is 0 Å². The zero-order valence-electron chi connectivity index (χ0n) is 10.4. The summed E-state index contributed by atoms with van der Waals surface area (Å²) in [4.78, 5) is 4.31. The van der Waals surface area contributed by atoms with Crippen LogP contribution in [0, 0.1) is 0 Å². The lowest BCUT2D eigenvalue weighted by Crippen LogP contribution is -2.38. The lowest BCUT2D eigenvalue weighted by molar-refractivity contribution is 0.304. The van der Waals surface area contributed by atoms with Crippen LogP contribution in [0.25, 0.3) is 10.9 Å². The molecule has 0 atom stereocenters. The van der Waals surface area contributed by atoms with Crippen LogP contribution in [0.5, 0.6) is 5.75 Å². The molecule has 2 aromatic rings. The number of rotatable bonds is 1. The van der Waals surface area contributed by atoms with Gasteiger partial charge >= 0.3 is 0 Å². The van der Waals surface area contributed by atoms with Crippen LogP contribution >= 0.6 is 0 Å². The van der Waals surface area contributed by atoms with E-state index in [1.807, 2.05) is 12.1 Å². The molecule has 0 radical (unpaired) electrons. The highest BCUT2D eigenvalue weighted by Gasteiger charge is 2.30. The molecule has 1 aliphatic carbocycles. The Morgan fingerprint density at radius 3 is 2.67 bits per heavy atom. The Bertz CT molecular complexity index is 574. The molecule has 1 fully saturated rings. The number of phenolic OH excluding ortho intramolecular Hbond substituents is 1. The molecular formula is C15H18N2O. The van der Waals surface area contributed by atoms with E-state index < -0.39 is 0 Å². The van der Waals surface area contributed by atoms with E-state index in [1.165, 1.54) is 24.8 Å². The second-order valence-corrected chi connectivity index (χ2v) is 5.28. The SMILES string of the molecule is NC1(c2ccnc3cc(O)ccc23)CCCCC1. The van der Waals surface area contributed by atoms with Gasteiger partial charge in [0.1, 0.15) is 5.75 Å². The van der Waals surface area contributed by atoms with E-state index in [-0.39, 0.29) is 11.3 Å². The van der Waals surface area contributed by atoms with Crippen LogP contribution in [-0.2, 0) is 5.54 Å². The minimum atomic E-state index is -0.226. The molecule has 1 aromatic heterocycles. The predicted octanol–water partition coefficient (Wildman–Crippen LogP) is 3.06. The third-order valence-corrected chi connectivity index (χ3v) is 4.01. The number of hydrogen-bond donors (Lipinski definition) is 2. The summed E-state index contributed by atoms with van der Waals surface area (Å²) in [6.45, 7) is 0. The molecular weight excluding hydrogens is 224 g/mol. The van der Waals surface area contributed by atoms with Crippen molar-refractivity contribution in [1.82, 2.24) is 4.98 Å². The summed E-state index contributed by atoms with van der Waals surface area (Å²) in [5, 5.41) is 10.6. The maximum absolute atomic E-state index is 9.52. The first-order chi connectivity index (χ1) is 8.69. The fourth-order valence-corrected chi connectivity index (χ4v) is 3.02. The summed E-state index contributed by atoms with van der Waals surface area (Å²) < 4.78 is 0. The standard InChI is InChI=1S/C15H18N2O/c16-15(7-2-1-3-8-15)13-6-9-17-14-10-11(18)4-5-12(13)14/h4-6,9-10,18H,1-3,7-8,16H2. The fourth-order valence-electron chi connectivity index (χ4n) is 3.02. The maximum Gasteiger partial charge on any atom is 0.117 e. The number of nitrogens with two attached hydrogens (primary N) is 1. The van der Waals surface area contributed by atoms with Gasteiger partial charge in [-0.3, -0.25) is 4.98 Å². The molecule has 0 unspecified atom stereocenters. The number of aromatic hydroxyl groups is 1. The zero-order valence-corrected chi connectivity index (χ0v) is 10.4. The Kier molecular flexibility index (Phi) is 2.71. The van der Waals surface area contributed by atoms with Gasteiger partial charge in [0.25, 0.3) is 0 Å². The molecule has 0 amide bonds. The fraction of sp³-hybridized carbons (Fsp3) is 0.400. The van der Waals surface area contributed by atoms with Crippen LogP contribution in [0.1, 0.15) is 37.7 Å². The number of fused-ring (bicyclic) bond motifs is 1. The molecule has 3 heteroatoms. The van der Waals surface area contributed by atoms with E-state index in [2.05, 4.69) is 4.98 Å².